The summed E-state index contributed by atoms with van der Waals surface area (Å²) >= 11 is 5.54. The van der Waals surface area contributed by atoms with Crippen molar-refractivity contribution in [2.75, 3.05) is 25.4 Å². The van der Waals surface area contributed by atoms with Gasteiger partial charge in [0.25, 0.3) is 0 Å². The van der Waals surface area contributed by atoms with Gasteiger partial charge in [-0.25, -0.2) is 8.42 Å². The second kappa shape index (κ2) is 11.8. The summed E-state index contributed by atoms with van der Waals surface area (Å²) in [5.41, 5.74) is 1.44. The third kappa shape index (κ3) is 8.87. The molecule has 0 saturated carbocycles. The van der Waals surface area contributed by atoms with Gasteiger partial charge in [0, 0.05) is 36.8 Å². The predicted octanol–water partition coefficient (Wildman–Crippen LogP) is 1.68. The van der Waals surface area contributed by atoms with E-state index in [1.165, 1.54) is 67.9 Å². The van der Waals surface area contributed by atoms with E-state index in [1.807, 2.05) is 0 Å². The fourth-order valence-corrected chi connectivity index (χ4v) is 4.12. The molecule has 0 spiro atoms. The number of aliphatic imine (C=N–C) groups is 1. The van der Waals surface area contributed by atoms with Crippen LogP contribution in [0.25, 0.3) is 0 Å². The van der Waals surface area contributed by atoms with Crippen LogP contribution in [0.1, 0.15) is 38.5 Å². The molecule has 0 amide bonds. The topological polar surface area (TPSA) is 111 Å². The Balaban J connectivity index is 0.000000208. The van der Waals surface area contributed by atoms with Gasteiger partial charge in [-0.3, -0.25) is 4.99 Å². The molecule has 2 aliphatic heterocycles. The quantitative estimate of drug-likeness (QED) is 0.667. The average Bonchev–Trinajstić information content (AvgIpc) is 2.69. The van der Waals surface area contributed by atoms with Crippen molar-refractivity contribution in [3.8, 4) is 0 Å². The smallest absolute Gasteiger partial charge is 0.183 e. The first kappa shape index (κ1) is 23.2. The van der Waals surface area contributed by atoms with Crippen molar-refractivity contribution in [2.24, 2.45) is 4.99 Å². The second-order valence-electron chi connectivity index (χ2n) is 6.85. The summed E-state index contributed by atoms with van der Waals surface area (Å²) in [7, 11) is -3.80. The lowest BCUT2D eigenvalue weighted by Crippen LogP contribution is -2.30. The maximum atomic E-state index is 11.3. The number of allylic oxidation sites excluding steroid dienone is 2. The van der Waals surface area contributed by atoms with Crippen molar-refractivity contribution in [1.29, 1.82) is 0 Å². The molecule has 0 radical (unpaired) electrons. The Hall–Kier alpha value is -2.06. The van der Waals surface area contributed by atoms with Crippen LogP contribution in [0.2, 0.25) is 5.02 Å². The van der Waals surface area contributed by atoms with E-state index in [0.29, 0.717) is 5.02 Å². The van der Waals surface area contributed by atoms with Crippen molar-refractivity contribution in [2.45, 2.75) is 43.4 Å². The number of benzene rings is 1. The molecule has 0 bridgehead atoms. The summed E-state index contributed by atoms with van der Waals surface area (Å²) < 4.78 is 22.6. The number of sulfone groups is 1. The van der Waals surface area contributed by atoms with Crippen LogP contribution in [-0.4, -0.2) is 45.6 Å². The maximum Gasteiger partial charge on any atom is 0.183 e. The number of carbonyl (C=O) groups is 1. The van der Waals surface area contributed by atoms with E-state index in [0.717, 1.165) is 26.1 Å². The number of hydrogen-bond donors (Lipinski definition) is 2. The number of halogens is 1. The van der Waals surface area contributed by atoms with Crippen LogP contribution >= 0.6 is 11.6 Å². The van der Waals surface area contributed by atoms with E-state index in [-0.39, 0.29) is 4.90 Å². The van der Waals surface area contributed by atoms with Gasteiger partial charge in [0.05, 0.1) is 22.5 Å². The first-order valence-corrected chi connectivity index (χ1v) is 11.8. The van der Waals surface area contributed by atoms with Gasteiger partial charge in [-0.15, -0.1) is 0 Å². The molecule has 1 aromatic carbocycles. The first-order chi connectivity index (χ1) is 13.9. The van der Waals surface area contributed by atoms with Crippen molar-refractivity contribution in [3.05, 3.63) is 41.1 Å². The van der Waals surface area contributed by atoms with Crippen molar-refractivity contribution >= 4 is 33.2 Å². The Morgan fingerprint density at radius 1 is 1.10 bits per heavy atom. The Morgan fingerprint density at radius 2 is 1.83 bits per heavy atom. The molecular formula is C20H27ClN3O4S-. The molecule has 2 heterocycles. The molecule has 0 saturated heterocycles. The van der Waals surface area contributed by atoms with E-state index >= 15 is 0 Å². The van der Waals surface area contributed by atoms with Gasteiger partial charge in [-0.05, 0) is 56.4 Å². The number of hydrogen-bond acceptors (Lipinski definition) is 7. The van der Waals surface area contributed by atoms with E-state index in [2.05, 4.69) is 21.7 Å². The molecule has 3 rings (SSSR count). The number of carbonyl (C=O) groups excluding carboxylic acids is 1. The largest absolute Gasteiger partial charge is 0.549 e. The van der Waals surface area contributed by atoms with E-state index in [4.69, 9.17) is 11.6 Å². The van der Waals surface area contributed by atoms with E-state index < -0.39 is 21.6 Å². The Morgan fingerprint density at radius 3 is 2.41 bits per heavy atom. The molecule has 9 heteroatoms. The number of nitrogens with one attached hydrogen (secondary N) is 2. The SMILES string of the molecule is C1=C(CCCC2=NCCCN2)NCCC1.O=C([O-])CS(=O)(=O)c1ccc(Cl)cc1. The molecule has 29 heavy (non-hydrogen) atoms. The van der Waals surface area contributed by atoms with Gasteiger partial charge >= 0.3 is 0 Å². The van der Waals surface area contributed by atoms with Crippen LogP contribution in [0.5, 0.6) is 0 Å². The molecule has 2 aliphatic rings. The van der Waals surface area contributed by atoms with Crippen LogP contribution in [0.3, 0.4) is 0 Å². The van der Waals surface area contributed by atoms with Crippen LogP contribution in [0.4, 0.5) is 0 Å². The highest BCUT2D eigenvalue weighted by Gasteiger charge is 2.14. The third-order valence-corrected chi connectivity index (χ3v) is 6.29. The summed E-state index contributed by atoms with van der Waals surface area (Å²) in [6.07, 6.45) is 9.58. The van der Waals surface area contributed by atoms with Crippen molar-refractivity contribution in [1.82, 2.24) is 10.6 Å². The second-order valence-corrected chi connectivity index (χ2v) is 9.27. The normalized spacial score (nSPS) is 16.3. The first-order valence-electron chi connectivity index (χ1n) is 9.75. The van der Waals surface area contributed by atoms with Crippen LogP contribution in [0, 0.1) is 0 Å². The summed E-state index contributed by atoms with van der Waals surface area (Å²) in [6.45, 7) is 3.29. The van der Waals surface area contributed by atoms with Gasteiger partial charge in [-0.2, -0.15) is 0 Å². The predicted molar refractivity (Wildman–Crippen MR) is 113 cm³/mol. The van der Waals surface area contributed by atoms with Gasteiger partial charge in [0.2, 0.25) is 0 Å². The van der Waals surface area contributed by atoms with Crippen molar-refractivity contribution in [3.63, 3.8) is 0 Å². The fourth-order valence-electron chi connectivity index (χ4n) is 2.97. The highest BCUT2D eigenvalue weighted by atomic mass is 35.5. The van der Waals surface area contributed by atoms with Crippen LogP contribution < -0.4 is 15.7 Å². The summed E-state index contributed by atoms with van der Waals surface area (Å²) in [4.78, 5) is 14.5. The molecule has 0 aromatic heterocycles. The summed E-state index contributed by atoms with van der Waals surface area (Å²) in [5, 5.41) is 17.3. The fraction of sp³-hybridized carbons (Fsp3) is 0.500. The van der Waals surface area contributed by atoms with Gasteiger partial charge < -0.3 is 20.5 Å². The third-order valence-electron chi connectivity index (χ3n) is 4.43. The number of rotatable bonds is 7. The molecule has 1 aromatic rings. The zero-order chi connectivity index (χ0) is 21.1. The standard InChI is InChI=1S/C12H21N3.C8H7ClO4S/c1-2-8-13-11(5-1)6-3-7-12-14-9-4-10-15-12;9-6-1-3-7(4-2-6)14(12,13)5-8(10)11/h5,13H,1-4,6-10H2,(H,14,15);1-4H,5H2,(H,10,11)/p-1. The van der Waals surface area contributed by atoms with Gasteiger partial charge in [0.1, 0.15) is 0 Å². The molecule has 0 aliphatic carbocycles. The molecular weight excluding hydrogens is 414 g/mol. The molecule has 2 N–H and O–H groups in total. The van der Waals surface area contributed by atoms with Crippen LogP contribution in [-0.2, 0) is 14.6 Å². The highest BCUT2D eigenvalue weighted by Crippen LogP contribution is 2.15. The number of carboxylic acids is 1. The van der Waals surface area contributed by atoms with Gasteiger partial charge in [0.15, 0.2) is 9.84 Å². The molecule has 0 fully saturated rings. The number of nitrogens with zero attached hydrogens (tertiary/aromatic N) is 1. The number of amidine groups is 1. The molecule has 7 nitrogen and oxygen atoms in total. The highest BCUT2D eigenvalue weighted by molar-refractivity contribution is 7.92. The molecule has 0 atom stereocenters. The van der Waals surface area contributed by atoms with E-state index in [9.17, 15) is 18.3 Å². The minimum atomic E-state index is -3.80. The maximum absolute atomic E-state index is 11.3. The minimum absolute atomic E-state index is 0.0777. The lowest BCUT2D eigenvalue weighted by molar-refractivity contribution is -0.301. The Labute approximate surface area is 177 Å². The van der Waals surface area contributed by atoms with Crippen molar-refractivity contribution < 1.29 is 18.3 Å². The summed E-state index contributed by atoms with van der Waals surface area (Å²) in [5.74, 6) is -1.42. The summed E-state index contributed by atoms with van der Waals surface area (Å²) in [6, 6.07) is 5.26. The van der Waals surface area contributed by atoms with Crippen LogP contribution in [0.15, 0.2) is 45.9 Å². The zero-order valence-electron chi connectivity index (χ0n) is 16.3. The average molecular weight is 441 g/mol. The van der Waals surface area contributed by atoms with E-state index in [1.54, 1.807) is 0 Å². The monoisotopic (exact) mass is 440 g/mol. The lowest BCUT2D eigenvalue weighted by atomic mass is 10.1. The minimum Gasteiger partial charge on any atom is -0.549 e. The molecule has 160 valence electrons. The Kier molecular flexibility index (Phi) is 9.47. The number of aliphatic carboxylic acids is 1. The number of carboxylic acid groups (broad SMARTS) is 1. The zero-order valence-corrected chi connectivity index (χ0v) is 17.9. The lowest BCUT2D eigenvalue weighted by Gasteiger charge is -2.17. The van der Waals surface area contributed by atoms with Gasteiger partial charge in [-0.1, -0.05) is 17.7 Å². The Bertz CT molecular complexity index is 810. The molecule has 0 unspecified atom stereocenters.